The lowest BCUT2D eigenvalue weighted by Gasteiger charge is -2.26. The van der Waals surface area contributed by atoms with E-state index < -0.39 is 0 Å². The van der Waals surface area contributed by atoms with Gasteiger partial charge in [0.2, 0.25) is 0 Å². The molecule has 1 aromatic carbocycles. The molecule has 0 spiro atoms. The van der Waals surface area contributed by atoms with E-state index in [0.29, 0.717) is 0 Å². The second-order valence-electron chi connectivity index (χ2n) is 6.05. The number of rotatable bonds is 4. The van der Waals surface area contributed by atoms with Crippen molar-refractivity contribution in [3.05, 3.63) is 36.5 Å². The first-order valence-electron chi connectivity index (χ1n) is 7.65. The van der Waals surface area contributed by atoms with E-state index in [-0.39, 0.29) is 0 Å². The number of aromatic nitrogens is 2. The molecule has 2 aromatic rings. The van der Waals surface area contributed by atoms with E-state index in [1.165, 1.54) is 36.9 Å². The number of hydrogen-bond donors (Lipinski definition) is 2. The molecule has 1 fully saturated rings. The molecule has 0 atom stereocenters. The Bertz CT molecular complexity index is 508. The number of aromatic amines is 1. The molecule has 3 rings (SSSR count). The van der Waals surface area contributed by atoms with Gasteiger partial charge in [0.25, 0.3) is 0 Å². The minimum absolute atomic E-state index is 0.846. The maximum atomic E-state index is 3.98. The molecular weight excluding hydrogens is 246 g/mol. The second kappa shape index (κ2) is 6.12. The Hall–Kier alpha value is -1.77. The van der Waals surface area contributed by atoms with Gasteiger partial charge in [-0.2, -0.15) is 5.10 Å². The van der Waals surface area contributed by atoms with Crippen molar-refractivity contribution in [2.75, 3.05) is 11.9 Å². The maximum absolute atomic E-state index is 3.98. The zero-order valence-electron chi connectivity index (χ0n) is 12.1. The van der Waals surface area contributed by atoms with Crippen LogP contribution in [0.4, 0.5) is 5.69 Å². The first kappa shape index (κ1) is 13.2. The summed E-state index contributed by atoms with van der Waals surface area (Å²) in [6.07, 6.45) is 7.32. The van der Waals surface area contributed by atoms with Gasteiger partial charge in [-0.1, -0.05) is 31.9 Å². The second-order valence-corrected chi connectivity index (χ2v) is 6.05. The molecule has 1 aliphatic rings. The SMILES string of the molecule is CC1CCC(CNc2ccc(-c3ccn[nH]3)cc2)CC1. The molecule has 1 saturated carbocycles. The Balaban J connectivity index is 1.53. The summed E-state index contributed by atoms with van der Waals surface area (Å²) in [6, 6.07) is 10.6. The highest BCUT2D eigenvalue weighted by molar-refractivity contribution is 5.62. The van der Waals surface area contributed by atoms with Crippen molar-refractivity contribution in [1.82, 2.24) is 10.2 Å². The van der Waals surface area contributed by atoms with Gasteiger partial charge >= 0.3 is 0 Å². The number of nitrogens with one attached hydrogen (secondary N) is 2. The number of nitrogens with zero attached hydrogens (tertiary/aromatic N) is 1. The summed E-state index contributed by atoms with van der Waals surface area (Å²) in [7, 11) is 0. The molecule has 1 heterocycles. The molecule has 0 unspecified atom stereocenters. The molecule has 20 heavy (non-hydrogen) atoms. The molecule has 0 aliphatic heterocycles. The van der Waals surface area contributed by atoms with Gasteiger partial charge in [0.15, 0.2) is 0 Å². The van der Waals surface area contributed by atoms with E-state index in [2.05, 4.69) is 46.7 Å². The Labute approximate surface area is 120 Å². The summed E-state index contributed by atoms with van der Waals surface area (Å²) < 4.78 is 0. The lowest BCUT2D eigenvalue weighted by atomic mass is 9.83. The summed E-state index contributed by atoms with van der Waals surface area (Å²) in [5.41, 5.74) is 3.46. The van der Waals surface area contributed by atoms with Crippen LogP contribution in [0.15, 0.2) is 36.5 Å². The smallest absolute Gasteiger partial charge is 0.0650 e. The summed E-state index contributed by atoms with van der Waals surface area (Å²) in [6.45, 7) is 3.48. The van der Waals surface area contributed by atoms with Crippen LogP contribution in [0.2, 0.25) is 0 Å². The van der Waals surface area contributed by atoms with Gasteiger partial charge in [-0.25, -0.2) is 0 Å². The Morgan fingerprint density at radius 2 is 1.85 bits per heavy atom. The molecule has 0 amide bonds. The highest BCUT2D eigenvalue weighted by Crippen LogP contribution is 2.28. The first-order chi connectivity index (χ1) is 9.81. The van der Waals surface area contributed by atoms with Crippen molar-refractivity contribution in [3.8, 4) is 11.3 Å². The van der Waals surface area contributed by atoms with Crippen LogP contribution in [-0.2, 0) is 0 Å². The third kappa shape index (κ3) is 3.21. The molecular formula is C17H23N3. The van der Waals surface area contributed by atoms with E-state index in [0.717, 1.165) is 24.1 Å². The fourth-order valence-electron chi connectivity index (χ4n) is 2.98. The predicted molar refractivity (Wildman–Crippen MR) is 83.6 cm³/mol. The standard InChI is InChI=1S/C17H23N3/c1-13-2-4-14(5-3-13)12-18-16-8-6-15(7-9-16)17-10-11-19-20-17/h6-11,13-14,18H,2-5,12H2,1H3,(H,19,20). The van der Waals surface area contributed by atoms with Gasteiger partial charge in [0, 0.05) is 18.4 Å². The van der Waals surface area contributed by atoms with Gasteiger partial charge in [0.1, 0.15) is 0 Å². The summed E-state index contributed by atoms with van der Waals surface area (Å²) in [5, 5.41) is 10.6. The quantitative estimate of drug-likeness (QED) is 0.868. The molecule has 3 nitrogen and oxygen atoms in total. The minimum Gasteiger partial charge on any atom is -0.385 e. The van der Waals surface area contributed by atoms with Crippen molar-refractivity contribution in [3.63, 3.8) is 0 Å². The summed E-state index contributed by atoms with van der Waals surface area (Å²) in [4.78, 5) is 0. The van der Waals surface area contributed by atoms with E-state index in [9.17, 15) is 0 Å². The highest BCUT2D eigenvalue weighted by atomic mass is 15.1. The Kier molecular flexibility index (Phi) is 4.05. The third-order valence-electron chi connectivity index (χ3n) is 4.43. The van der Waals surface area contributed by atoms with Crippen LogP contribution in [0, 0.1) is 11.8 Å². The molecule has 1 aliphatic carbocycles. The van der Waals surface area contributed by atoms with Crippen LogP contribution in [-0.4, -0.2) is 16.7 Å². The summed E-state index contributed by atoms with van der Waals surface area (Å²) >= 11 is 0. The Morgan fingerprint density at radius 1 is 1.10 bits per heavy atom. The van der Waals surface area contributed by atoms with Gasteiger partial charge < -0.3 is 5.32 Å². The molecule has 1 aromatic heterocycles. The lowest BCUT2D eigenvalue weighted by Crippen LogP contribution is -2.20. The number of anilines is 1. The van der Waals surface area contributed by atoms with Crippen LogP contribution in [0.3, 0.4) is 0 Å². The van der Waals surface area contributed by atoms with E-state index in [4.69, 9.17) is 0 Å². The van der Waals surface area contributed by atoms with Crippen molar-refractivity contribution >= 4 is 5.69 Å². The van der Waals surface area contributed by atoms with E-state index in [1.54, 1.807) is 6.20 Å². The largest absolute Gasteiger partial charge is 0.385 e. The molecule has 106 valence electrons. The number of hydrogen-bond acceptors (Lipinski definition) is 2. The van der Waals surface area contributed by atoms with Crippen molar-refractivity contribution < 1.29 is 0 Å². The first-order valence-corrected chi connectivity index (χ1v) is 7.65. The van der Waals surface area contributed by atoms with Crippen LogP contribution < -0.4 is 5.32 Å². The predicted octanol–water partition coefficient (Wildman–Crippen LogP) is 4.31. The zero-order chi connectivity index (χ0) is 13.8. The van der Waals surface area contributed by atoms with Crippen LogP contribution in [0.1, 0.15) is 32.6 Å². The fraction of sp³-hybridized carbons (Fsp3) is 0.471. The normalized spacial score (nSPS) is 22.6. The lowest BCUT2D eigenvalue weighted by molar-refractivity contribution is 0.300. The van der Waals surface area contributed by atoms with Crippen LogP contribution >= 0.6 is 0 Å². The monoisotopic (exact) mass is 269 g/mol. The number of benzene rings is 1. The topological polar surface area (TPSA) is 40.7 Å². The minimum atomic E-state index is 0.846. The van der Waals surface area contributed by atoms with Gasteiger partial charge in [-0.3, -0.25) is 5.10 Å². The van der Waals surface area contributed by atoms with Gasteiger partial charge in [-0.05, 0) is 48.4 Å². The average Bonchev–Trinajstić information content (AvgIpc) is 3.01. The highest BCUT2D eigenvalue weighted by Gasteiger charge is 2.17. The molecule has 2 N–H and O–H groups in total. The van der Waals surface area contributed by atoms with Crippen molar-refractivity contribution in [2.24, 2.45) is 11.8 Å². The molecule has 0 bridgehead atoms. The molecule has 0 saturated heterocycles. The summed E-state index contributed by atoms with van der Waals surface area (Å²) in [5.74, 6) is 1.78. The van der Waals surface area contributed by atoms with E-state index in [1.807, 2.05) is 6.07 Å². The van der Waals surface area contributed by atoms with Gasteiger partial charge in [0.05, 0.1) is 5.69 Å². The fourth-order valence-corrected chi connectivity index (χ4v) is 2.98. The third-order valence-corrected chi connectivity index (χ3v) is 4.43. The average molecular weight is 269 g/mol. The number of H-pyrrole nitrogens is 1. The van der Waals surface area contributed by atoms with Crippen molar-refractivity contribution in [1.29, 1.82) is 0 Å². The maximum Gasteiger partial charge on any atom is 0.0650 e. The molecule has 3 heteroatoms. The zero-order valence-corrected chi connectivity index (χ0v) is 12.1. The van der Waals surface area contributed by atoms with E-state index >= 15 is 0 Å². The van der Waals surface area contributed by atoms with Crippen LogP contribution in [0.25, 0.3) is 11.3 Å². The van der Waals surface area contributed by atoms with Crippen molar-refractivity contribution in [2.45, 2.75) is 32.6 Å². The van der Waals surface area contributed by atoms with Gasteiger partial charge in [-0.15, -0.1) is 0 Å². The Morgan fingerprint density at radius 3 is 2.50 bits per heavy atom. The molecule has 0 radical (unpaired) electrons. The van der Waals surface area contributed by atoms with Crippen LogP contribution in [0.5, 0.6) is 0 Å².